The monoisotopic (exact) mass is 460 g/mol. The summed E-state index contributed by atoms with van der Waals surface area (Å²) in [5.74, 6) is -1.54. The molecule has 0 unspecified atom stereocenters. The number of amides is 3. The number of carbonyl (C=O) groups is 3. The zero-order chi connectivity index (χ0) is 24.2. The maximum atomic E-state index is 12.8. The van der Waals surface area contributed by atoms with Gasteiger partial charge in [-0.25, -0.2) is 9.67 Å². The first kappa shape index (κ1) is 23.4. The molecule has 1 aromatic carbocycles. The topological polar surface area (TPSA) is 132 Å². The van der Waals surface area contributed by atoms with E-state index >= 15 is 0 Å². The van der Waals surface area contributed by atoms with Crippen molar-refractivity contribution in [2.45, 2.75) is 19.5 Å². The number of hydrogen-bond donors (Lipinski definition) is 3. The fourth-order valence-corrected chi connectivity index (χ4v) is 2.92. The summed E-state index contributed by atoms with van der Waals surface area (Å²) in [5, 5.41) is 9.21. The molecule has 0 radical (unpaired) electrons. The minimum absolute atomic E-state index is 0.0311. The van der Waals surface area contributed by atoms with Crippen LogP contribution in [0.25, 0.3) is 5.82 Å². The minimum Gasteiger partial charge on any atom is -0.370 e. The van der Waals surface area contributed by atoms with Gasteiger partial charge in [0, 0.05) is 19.2 Å². The van der Waals surface area contributed by atoms with E-state index in [1.54, 1.807) is 19.1 Å². The first-order chi connectivity index (χ1) is 15.6. The Morgan fingerprint density at radius 3 is 2.39 bits per heavy atom. The van der Waals surface area contributed by atoms with Crippen molar-refractivity contribution in [1.29, 1.82) is 0 Å². The minimum atomic E-state index is -4.52. The molecular weight excluding hydrogens is 441 g/mol. The quantitative estimate of drug-likeness (QED) is 0.498. The lowest BCUT2D eigenvalue weighted by molar-refractivity contribution is -0.137. The maximum absolute atomic E-state index is 12.8. The highest BCUT2D eigenvalue weighted by atomic mass is 19.4. The molecule has 33 heavy (non-hydrogen) atoms. The number of nitrogens with two attached hydrogens (primary N) is 1. The van der Waals surface area contributed by atoms with E-state index < -0.39 is 29.5 Å². The van der Waals surface area contributed by atoms with Gasteiger partial charge in [-0.2, -0.15) is 18.3 Å². The molecule has 3 amide bonds. The number of para-hydroxylation sites is 1. The standard InChI is InChI=1S/C21H19F3N6O3/c1-12-15(11-28-30(12)18-7-6-13(10-27-18)21(22,23)24)20(33)29-16-5-3-2-4-14(16)19(32)26-9-8-17(25)31/h2-7,10-11H,8-9H2,1H3,(H2,25,31)(H,26,32)(H,29,33). The third-order valence-electron chi connectivity index (χ3n) is 4.62. The number of alkyl halides is 3. The van der Waals surface area contributed by atoms with Crippen molar-refractivity contribution in [2.24, 2.45) is 5.73 Å². The molecule has 9 nitrogen and oxygen atoms in total. The van der Waals surface area contributed by atoms with Crippen LogP contribution in [-0.2, 0) is 11.0 Å². The van der Waals surface area contributed by atoms with Gasteiger partial charge in [-0.05, 0) is 31.2 Å². The summed E-state index contributed by atoms with van der Waals surface area (Å²) in [4.78, 5) is 39.8. The van der Waals surface area contributed by atoms with Gasteiger partial charge in [0.1, 0.15) is 0 Å². The number of nitrogens with zero attached hydrogens (tertiary/aromatic N) is 3. The third-order valence-corrected chi connectivity index (χ3v) is 4.62. The Morgan fingerprint density at radius 1 is 1.03 bits per heavy atom. The van der Waals surface area contributed by atoms with E-state index in [0.29, 0.717) is 11.9 Å². The van der Waals surface area contributed by atoms with Gasteiger partial charge >= 0.3 is 6.18 Å². The number of halogens is 3. The van der Waals surface area contributed by atoms with E-state index in [1.807, 2.05) is 0 Å². The number of anilines is 1. The summed E-state index contributed by atoms with van der Waals surface area (Å²) in [6.45, 7) is 1.60. The van der Waals surface area contributed by atoms with E-state index in [2.05, 4.69) is 20.7 Å². The molecule has 0 spiro atoms. The highest BCUT2D eigenvalue weighted by Crippen LogP contribution is 2.29. The SMILES string of the molecule is Cc1c(C(=O)Nc2ccccc2C(=O)NCCC(N)=O)cnn1-c1ccc(C(F)(F)F)cn1. The number of pyridine rings is 1. The molecule has 0 saturated heterocycles. The average Bonchev–Trinajstić information content (AvgIpc) is 3.14. The molecule has 0 aliphatic heterocycles. The van der Waals surface area contributed by atoms with Crippen molar-refractivity contribution < 1.29 is 27.6 Å². The van der Waals surface area contributed by atoms with E-state index in [1.165, 1.54) is 23.0 Å². The molecule has 0 saturated carbocycles. The summed E-state index contributed by atoms with van der Waals surface area (Å²) in [7, 11) is 0. The summed E-state index contributed by atoms with van der Waals surface area (Å²) in [5.41, 5.74) is 5.02. The second kappa shape index (κ2) is 9.51. The van der Waals surface area contributed by atoms with Crippen molar-refractivity contribution in [2.75, 3.05) is 11.9 Å². The predicted molar refractivity (Wildman–Crippen MR) is 112 cm³/mol. The second-order valence-corrected chi connectivity index (χ2v) is 6.93. The summed E-state index contributed by atoms with van der Waals surface area (Å²) in [6, 6.07) is 8.28. The molecule has 3 rings (SSSR count). The Kier molecular flexibility index (Phi) is 6.75. The molecule has 3 aromatic rings. The van der Waals surface area contributed by atoms with Gasteiger partial charge in [0.15, 0.2) is 5.82 Å². The molecule has 172 valence electrons. The third kappa shape index (κ3) is 5.53. The Labute approximate surface area is 185 Å². The van der Waals surface area contributed by atoms with Crippen molar-refractivity contribution in [1.82, 2.24) is 20.1 Å². The Hall–Kier alpha value is -4.22. The second-order valence-electron chi connectivity index (χ2n) is 6.93. The average molecular weight is 460 g/mol. The maximum Gasteiger partial charge on any atom is 0.417 e. The normalized spacial score (nSPS) is 11.2. The van der Waals surface area contributed by atoms with E-state index in [4.69, 9.17) is 5.73 Å². The van der Waals surface area contributed by atoms with E-state index in [-0.39, 0.29) is 35.6 Å². The van der Waals surface area contributed by atoms with Crippen LogP contribution in [0.5, 0.6) is 0 Å². The lowest BCUT2D eigenvalue weighted by Crippen LogP contribution is -2.28. The smallest absolute Gasteiger partial charge is 0.370 e. The molecule has 0 bridgehead atoms. The zero-order valence-corrected chi connectivity index (χ0v) is 17.3. The Morgan fingerprint density at radius 2 is 1.76 bits per heavy atom. The molecule has 12 heteroatoms. The van der Waals surface area contributed by atoms with Crippen LogP contribution in [0.1, 0.15) is 38.4 Å². The van der Waals surface area contributed by atoms with Crippen molar-refractivity contribution in [3.63, 3.8) is 0 Å². The number of hydrogen-bond acceptors (Lipinski definition) is 5. The summed E-state index contributed by atoms with van der Waals surface area (Å²) < 4.78 is 39.5. The number of benzene rings is 1. The highest BCUT2D eigenvalue weighted by Gasteiger charge is 2.31. The Balaban J connectivity index is 1.78. The summed E-state index contributed by atoms with van der Waals surface area (Å²) in [6.07, 6.45) is -2.62. The van der Waals surface area contributed by atoms with Crippen LogP contribution in [0.2, 0.25) is 0 Å². The predicted octanol–water partition coefficient (Wildman–Crippen LogP) is 2.45. The van der Waals surface area contributed by atoms with E-state index in [0.717, 1.165) is 12.1 Å². The number of rotatable bonds is 7. The van der Waals surface area contributed by atoms with Gasteiger partial charge in [-0.15, -0.1) is 0 Å². The van der Waals surface area contributed by atoms with Gasteiger partial charge in [-0.1, -0.05) is 12.1 Å². The molecule has 0 fully saturated rings. The molecule has 0 aliphatic carbocycles. The van der Waals surface area contributed by atoms with Gasteiger partial charge in [-0.3, -0.25) is 14.4 Å². The molecule has 2 heterocycles. The van der Waals surface area contributed by atoms with Gasteiger partial charge in [0.05, 0.1) is 34.3 Å². The molecule has 0 atom stereocenters. The van der Waals surface area contributed by atoms with E-state index in [9.17, 15) is 27.6 Å². The summed E-state index contributed by atoms with van der Waals surface area (Å²) >= 11 is 0. The first-order valence-corrected chi connectivity index (χ1v) is 9.63. The van der Waals surface area contributed by atoms with Crippen molar-refractivity contribution in [3.8, 4) is 5.82 Å². The van der Waals surface area contributed by atoms with Crippen LogP contribution in [0.4, 0.5) is 18.9 Å². The number of aromatic nitrogens is 3. The Bertz CT molecular complexity index is 1190. The van der Waals surface area contributed by atoms with Crippen molar-refractivity contribution >= 4 is 23.4 Å². The van der Waals surface area contributed by atoms with Crippen LogP contribution in [-0.4, -0.2) is 39.0 Å². The van der Waals surface area contributed by atoms with Gasteiger partial charge in [0.2, 0.25) is 5.91 Å². The molecular formula is C21H19F3N6O3. The van der Waals surface area contributed by atoms with Crippen LogP contribution >= 0.6 is 0 Å². The molecule has 0 aliphatic rings. The van der Waals surface area contributed by atoms with Crippen LogP contribution < -0.4 is 16.4 Å². The number of primary amides is 1. The van der Waals surface area contributed by atoms with Crippen molar-refractivity contribution in [3.05, 3.63) is 71.2 Å². The molecule has 4 N–H and O–H groups in total. The fourth-order valence-electron chi connectivity index (χ4n) is 2.92. The lowest BCUT2D eigenvalue weighted by atomic mass is 10.1. The van der Waals surface area contributed by atoms with Crippen LogP contribution in [0.15, 0.2) is 48.8 Å². The zero-order valence-electron chi connectivity index (χ0n) is 17.3. The van der Waals surface area contributed by atoms with Gasteiger partial charge in [0.25, 0.3) is 11.8 Å². The van der Waals surface area contributed by atoms with Crippen LogP contribution in [0, 0.1) is 6.92 Å². The first-order valence-electron chi connectivity index (χ1n) is 9.63. The largest absolute Gasteiger partial charge is 0.417 e. The fraction of sp³-hybridized carbons (Fsp3) is 0.190. The van der Waals surface area contributed by atoms with Gasteiger partial charge < -0.3 is 16.4 Å². The van der Waals surface area contributed by atoms with Crippen LogP contribution in [0.3, 0.4) is 0 Å². The lowest BCUT2D eigenvalue weighted by Gasteiger charge is -2.11. The number of carbonyl (C=O) groups excluding carboxylic acids is 3. The molecule has 2 aromatic heterocycles. The highest BCUT2D eigenvalue weighted by molar-refractivity contribution is 6.09. The number of nitrogens with one attached hydrogen (secondary N) is 2.